The fraction of sp³-hybridized carbons (Fsp3) is 0.636. The minimum Gasteiger partial charge on any atom is -0.394 e. The van der Waals surface area contributed by atoms with E-state index in [9.17, 15) is 5.11 Å². The second kappa shape index (κ2) is 5.29. The Balaban J connectivity index is 2.11. The Kier molecular flexibility index (Phi) is 3.75. The molecule has 0 radical (unpaired) electrons. The maximum atomic E-state index is 9.55. The molecule has 0 spiro atoms. The first-order valence-electron chi connectivity index (χ1n) is 5.75. The highest BCUT2D eigenvalue weighted by Gasteiger charge is 2.32. The van der Waals surface area contributed by atoms with Crippen LogP contribution in [0.2, 0.25) is 0 Å². The molecule has 0 unspecified atom stereocenters. The van der Waals surface area contributed by atoms with Gasteiger partial charge in [0.15, 0.2) is 0 Å². The third-order valence-corrected chi connectivity index (χ3v) is 3.04. The summed E-state index contributed by atoms with van der Waals surface area (Å²) in [6.45, 7) is 1.39. The zero-order chi connectivity index (χ0) is 12.1. The summed E-state index contributed by atoms with van der Waals surface area (Å²) in [6, 6.07) is 0. The summed E-state index contributed by atoms with van der Waals surface area (Å²) in [7, 11) is 1.80. The maximum Gasteiger partial charge on any atom is 0.147 e. The van der Waals surface area contributed by atoms with E-state index >= 15 is 0 Å². The van der Waals surface area contributed by atoms with E-state index in [-0.39, 0.29) is 12.1 Å². The quantitative estimate of drug-likeness (QED) is 0.707. The highest BCUT2D eigenvalue weighted by atomic mass is 16.5. The van der Waals surface area contributed by atoms with Crippen molar-refractivity contribution >= 4 is 11.6 Å². The van der Waals surface area contributed by atoms with Gasteiger partial charge in [-0.3, -0.25) is 4.98 Å². The molecule has 1 aromatic rings. The molecule has 17 heavy (non-hydrogen) atoms. The Labute approximate surface area is 100 Å². The largest absolute Gasteiger partial charge is 0.394 e. The van der Waals surface area contributed by atoms with Crippen LogP contribution in [0.3, 0.4) is 0 Å². The van der Waals surface area contributed by atoms with Gasteiger partial charge in [-0.15, -0.1) is 0 Å². The van der Waals surface area contributed by atoms with Gasteiger partial charge >= 0.3 is 0 Å². The van der Waals surface area contributed by atoms with Crippen LogP contribution < -0.4 is 10.6 Å². The van der Waals surface area contributed by atoms with E-state index in [1.807, 2.05) is 0 Å². The van der Waals surface area contributed by atoms with Crippen molar-refractivity contribution in [3.05, 3.63) is 12.4 Å². The lowest BCUT2D eigenvalue weighted by molar-refractivity contribution is 0.0378. The van der Waals surface area contributed by atoms with Gasteiger partial charge in [-0.1, -0.05) is 0 Å². The lowest BCUT2D eigenvalue weighted by Crippen LogP contribution is -2.47. The van der Waals surface area contributed by atoms with Gasteiger partial charge in [0.25, 0.3) is 0 Å². The van der Waals surface area contributed by atoms with Gasteiger partial charge in [0, 0.05) is 20.3 Å². The molecule has 0 aliphatic carbocycles. The SMILES string of the molecule is CNc1cncc(NC2(CO)CCOCC2)n1. The third kappa shape index (κ3) is 2.83. The van der Waals surface area contributed by atoms with Gasteiger partial charge in [0.1, 0.15) is 11.6 Å². The van der Waals surface area contributed by atoms with Crippen LogP contribution in [0, 0.1) is 0 Å². The first kappa shape index (κ1) is 12.1. The van der Waals surface area contributed by atoms with Crippen LogP contribution in [0.25, 0.3) is 0 Å². The van der Waals surface area contributed by atoms with E-state index in [1.54, 1.807) is 19.4 Å². The van der Waals surface area contributed by atoms with Crippen LogP contribution in [0.4, 0.5) is 11.6 Å². The molecule has 0 amide bonds. The number of hydrogen-bond acceptors (Lipinski definition) is 6. The van der Waals surface area contributed by atoms with E-state index in [2.05, 4.69) is 20.6 Å². The summed E-state index contributed by atoms with van der Waals surface area (Å²) in [5, 5.41) is 15.8. The molecular formula is C11H18N4O2. The maximum absolute atomic E-state index is 9.55. The van der Waals surface area contributed by atoms with Crippen molar-refractivity contribution in [2.45, 2.75) is 18.4 Å². The smallest absolute Gasteiger partial charge is 0.147 e. The van der Waals surface area contributed by atoms with Gasteiger partial charge < -0.3 is 20.5 Å². The first-order chi connectivity index (χ1) is 8.28. The fourth-order valence-corrected chi connectivity index (χ4v) is 1.90. The van der Waals surface area contributed by atoms with Crippen molar-refractivity contribution in [2.75, 3.05) is 37.5 Å². The molecular weight excluding hydrogens is 220 g/mol. The Bertz CT molecular complexity index is 366. The van der Waals surface area contributed by atoms with E-state index in [0.717, 1.165) is 12.8 Å². The van der Waals surface area contributed by atoms with Crippen LogP contribution in [0.15, 0.2) is 12.4 Å². The second-order valence-electron chi connectivity index (χ2n) is 4.22. The predicted octanol–water partition coefficient (Wildman–Crippen LogP) is 0.472. The van der Waals surface area contributed by atoms with Gasteiger partial charge in [-0.25, -0.2) is 4.98 Å². The van der Waals surface area contributed by atoms with Crippen molar-refractivity contribution in [3.63, 3.8) is 0 Å². The zero-order valence-corrected chi connectivity index (χ0v) is 9.94. The van der Waals surface area contributed by atoms with E-state index in [1.165, 1.54) is 0 Å². The van der Waals surface area contributed by atoms with Gasteiger partial charge in [-0.2, -0.15) is 0 Å². The Hall–Kier alpha value is -1.40. The molecule has 0 atom stereocenters. The van der Waals surface area contributed by atoms with Gasteiger partial charge in [0.2, 0.25) is 0 Å². The van der Waals surface area contributed by atoms with E-state index in [4.69, 9.17) is 4.74 Å². The van der Waals surface area contributed by atoms with Crippen molar-refractivity contribution in [3.8, 4) is 0 Å². The summed E-state index contributed by atoms with van der Waals surface area (Å²) in [5.74, 6) is 1.38. The summed E-state index contributed by atoms with van der Waals surface area (Å²) in [5.41, 5.74) is -0.334. The number of rotatable bonds is 4. The number of aliphatic hydroxyl groups is 1. The molecule has 3 N–H and O–H groups in total. The van der Waals surface area contributed by atoms with Crippen LogP contribution in [0.1, 0.15) is 12.8 Å². The van der Waals surface area contributed by atoms with E-state index < -0.39 is 0 Å². The molecule has 1 aliphatic heterocycles. The number of nitrogens with zero attached hydrogens (tertiary/aromatic N) is 2. The van der Waals surface area contributed by atoms with Crippen molar-refractivity contribution < 1.29 is 9.84 Å². The monoisotopic (exact) mass is 238 g/mol. The normalized spacial score (nSPS) is 18.7. The average Bonchev–Trinajstić information content (AvgIpc) is 2.40. The highest BCUT2D eigenvalue weighted by Crippen LogP contribution is 2.24. The summed E-state index contributed by atoms with van der Waals surface area (Å²) in [6.07, 6.45) is 4.86. The molecule has 6 heteroatoms. The zero-order valence-electron chi connectivity index (χ0n) is 9.94. The fourth-order valence-electron chi connectivity index (χ4n) is 1.90. The molecule has 1 fully saturated rings. The molecule has 1 saturated heterocycles. The number of aromatic nitrogens is 2. The summed E-state index contributed by atoms with van der Waals surface area (Å²) in [4.78, 5) is 8.43. The van der Waals surface area contributed by atoms with Crippen LogP contribution in [-0.2, 0) is 4.74 Å². The lowest BCUT2D eigenvalue weighted by Gasteiger charge is -2.36. The minimum atomic E-state index is -0.334. The van der Waals surface area contributed by atoms with Crippen LogP contribution >= 0.6 is 0 Å². The molecule has 2 rings (SSSR count). The van der Waals surface area contributed by atoms with Crippen LogP contribution in [0.5, 0.6) is 0 Å². The number of ether oxygens (including phenoxy) is 1. The molecule has 0 bridgehead atoms. The summed E-state index contributed by atoms with van der Waals surface area (Å²) < 4.78 is 5.31. The predicted molar refractivity (Wildman–Crippen MR) is 65.1 cm³/mol. The standard InChI is InChI=1S/C11H18N4O2/c1-12-9-6-13-7-10(14-9)15-11(8-16)2-4-17-5-3-11/h6-7,16H,2-5,8H2,1H3,(H2,12,14,15). The number of aliphatic hydroxyl groups excluding tert-OH is 1. The van der Waals surface area contributed by atoms with Crippen molar-refractivity contribution in [2.24, 2.45) is 0 Å². The molecule has 94 valence electrons. The van der Waals surface area contributed by atoms with Crippen molar-refractivity contribution in [1.29, 1.82) is 0 Å². The Morgan fingerprint density at radius 3 is 2.71 bits per heavy atom. The molecule has 2 heterocycles. The Morgan fingerprint density at radius 1 is 1.35 bits per heavy atom. The Morgan fingerprint density at radius 2 is 2.06 bits per heavy atom. The molecule has 1 aromatic heterocycles. The molecule has 0 saturated carbocycles. The van der Waals surface area contributed by atoms with E-state index in [0.29, 0.717) is 24.8 Å². The van der Waals surface area contributed by atoms with Gasteiger partial charge in [-0.05, 0) is 12.8 Å². The number of anilines is 2. The second-order valence-corrected chi connectivity index (χ2v) is 4.22. The van der Waals surface area contributed by atoms with Crippen LogP contribution in [-0.4, -0.2) is 47.5 Å². The summed E-state index contributed by atoms with van der Waals surface area (Å²) >= 11 is 0. The number of hydrogen-bond donors (Lipinski definition) is 3. The third-order valence-electron chi connectivity index (χ3n) is 3.04. The average molecular weight is 238 g/mol. The minimum absolute atomic E-state index is 0.0713. The molecule has 0 aromatic carbocycles. The lowest BCUT2D eigenvalue weighted by atomic mass is 9.91. The highest BCUT2D eigenvalue weighted by molar-refractivity contribution is 5.43. The molecule has 1 aliphatic rings. The van der Waals surface area contributed by atoms with Crippen molar-refractivity contribution in [1.82, 2.24) is 9.97 Å². The first-order valence-corrected chi connectivity index (χ1v) is 5.75. The topological polar surface area (TPSA) is 79.3 Å². The molecule has 6 nitrogen and oxygen atoms in total. The van der Waals surface area contributed by atoms with Gasteiger partial charge in [0.05, 0.1) is 24.5 Å². The number of nitrogens with one attached hydrogen (secondary N) is 2.